The van der Waals surface area contributed by atoms with Gasteiger partial charge in [-0.05, 0) is 43.4 Å². The average Bonchev–Trinajstić information content (AvgIpc) is 3.35. The van der Waals surface area contributed by atoms with E-state index in [0.29, 0.717) is 38.3 Å². The standard InChI is InChI=1S/C21H27N5O3/c1-3-25-19(23-26(21(25)28)12-13-29-2)16-7-10-24(11-8-16)20(27)17-5-4-15-6-9-22-18(15)14-17/h4-6,9,14,16,22H,3,7-8,10-13H2,1-2H3. The third kappa shape index (κ3) is 3.72. The summed E-state index contributed by atoms with van der Waals surface area (Å²) in [4.78, 5) is 30.5. The first-order chi connectivity index (χ1) is 14.1. The van der Waals surface area contributed by atoms with Crippen molar-refractivity contribution < 1.29 is 9.53 Å². The van der Waals surface area contributed by atoms with Crippen molar-refractivity contribution >= 4 is 16.8 Å². The largest absolute Gasteiger partial charge is 0.383 e. The zero-order chi connectivity index (χ0) is 20.4. The minimum atomic E-state index is -0.0858. The molecule has 0 radical (unpaired) electrons. The molecule has 3 aromatic rings. The van der Waals surface area contributed by atoms with E-state index in [2.05, 4.69) is 10.1 Å². The Morgan fingerprint density at radius 3 is 2.79 bits per heavy atom. The van der Waals surface area contributed by atoms with Crippen LogP contribution in [0.3, 0.4) is 0 Å². The number of likely N-dealkylation sites (tertiary alicyclic amines) is 1. The molecule has 1 N–H and O–H groups in total. The Morgan fingerprint density at radius 2 is 2.07 bits per heavy atom. The summed E-state index contributed by atoms with van der Waals surface area (Å²) in [5.74, 6) is 1.06. The molecule has 0 unspecified atom stereocenters. The topological polar surface area (TPSA) is 85.2 Å². The number of H-pyrrole nitrogens is 1. The lowest BCUT2D eigenvalue weighted by Crippen LogP contribution is -2.38. The SMILES string of the molecule is CCn1c(C2CCN(C(=O)c3ccc4cc[nH]c4c3)CC2)nn(CCOC)c1=O. The summed E-state index contributed by atoms with van der Waals surface area (Å²) in [6, 6.07) is 7.76. The number of nitrogens with one attached hydrogen (secondary N) is 1. The second kappa shape index (κ2) is 8.24. The van der Waals surface area contributed by atoms with Crippen LogP contribution >= 0.6 is 0 Å². The van der Waals surface area contributed by atoms with E-state index < -0.39 is 0 Å². The van der Waals surface area contributed by atoms with E-state index in [0.717, 1.165) is 29.6 Å². The van der Waals surface area contributed by atoms with Gasteiger partial charge in [-0.25, -0.2) is 9.48 Å². The van der Waals surface area contributed by atoms with Gasteiger partial charge in [0.25, 0.3) is 5.91 Å². The van der Waals surface area contributed by atoms with Gasteiger partial charge in [-0.2, -0.15) is 5.10 Å². The minimum Gasteiger partial charge on any atom is -0.383 e. The molecular formula is C21H27N5O3. The molecule has 8 nitrogen and oxygen atoms in total. The Balaban J connectivity index is 1.46. The smallest absolute Gasteiger partial charge is 0.345 e. The fraction of sp³-hybridized carbons (Fsp3) is 0.476. The predicted octanol–water partition coefficient (Wildman–Crippen LogP) is 2.21. The number of hydrogen-bond acceptors (Lipinski definition) is 4. The first kappa shape index (κ1) is 19.4. The molecule has 1 aliphatic heterocycles. The number of carbonyl (C=O) groups excluding carboxylic acids is 1. The van der Waals surface area contributed by atoms with Gasteiger partial charge in [-0.1, -0.05) is 6.07 Å². The van der Waals surface area contributed by atoms with Crippen LogP contribution in [0.2, 0.25) is 0 Å². The number of benzene rings is 1. The summed E-state index contributed by atoms with van der Waals surface area (Å²) in [6.45, 7) is 4.79. The van der Waals surface area contributed by atoms with Crippen LogP contribution in [-0.2, 0) is 17.8 Å². The van der Waals surface area contributed by atoms with Gasteiger partial charge in [0.05, 0.1) is 13.2 Å². The fourth-order valence-electron chi connectivity index (χ4n) is 4.08. The Bertz CT molecular complexity index is 1060. The van der Waals surface area contributed by atoms with E-state index in [-0.39, 0.29) is 17.5 Å². The molecule has 2 aromatic heterocycles. The lowest BCUT2D eigenvalue weighted by Gasteiger charge is -2.31. The van der Waals surface area contributed by atoms with Crippen molar-refractivity contribution in [1.82, 2.24) is 24.2 Å². The summed E-state index contributed by atoms with van der Waals surface area (Å²) in [5.41, 5.74) is 1.59. The molecule has 1 amide bonds. The van der Waals surface area contributed by atoms with Gasteiger partial charge < -0.3 is 14.6 Å². The second-order valence-corrected chi connectivity index (χ2v) is 7.45. The molecule has 3 heterocycles. The molecule has 1 saturated heterocycles. The number of methoxy groups -OCH3 is 1. The maximum atomic E-state index is 12.9. The number of fused-ring (bicyclic) bond motifs is 1. The van der Waals surface area contributed by atoms with Crippen molar-refractivity contribution in [1.29, 1.82) is 0 Å². The molecule has 154 valence electrons. The number of piperidine rings is 1. The molecule has 1 fully saturated rings. The van der Waals surface area contributed by atoms with Gasteiger partial charge in [-0.15, -0.1) is 0 Å². The van der Waals surface area contributed by atoms with Crippen LogP contribution in [0.15, 0.2) is 35.3 Å². The van der Waals surface area contributed by atoms with Crippen molar-refractivity contribution in [3.8, 4) is 0 Å². The highest BCUT2D eigenvalue weighted by Crippen LogP contribution is 2.27. The Kier molecular flexibility index (Phi) is 5.53. The number of nitrogens with zero attached hydrogens (tertiary/aromatic N) is 4. The summed E-state index contributed by atoms with van der Waals surface area (Å²) in [5, 5.41) is 5.68. The zero-order valence-electron chi connectivity index (χ0n) is 16.9. The molecule has 1 aliphatic rings. The Hall–Kier alpha value is -2.87. The lowest BCUT2D eigenvalue weighted by atomic mass is 9.95. The molecule has 29 heavy (non-hydrogen) atoms. The van der Waals surface area contributed by atoms with Crippen LogP contribution in [0, 0.1) is 0 Å². The monoisotopic (exact) mass is 397 g/mol. The zero-order valence-corrected chi connectivity index (χ0v) is 16.9. The summed E-state index contributed by atoms with van der Waals surface area (Å²) in [7, 11) is 1.61. The third-order valence-corrected chi connectivity index (χ3v) is 5.72. The fourth-order valence-corrected chi connectivity index (χ4v) is 4.08. The van der Waals surface area contributed by atoms with Crippen LogP contribution in [0.5, 0.6) is 0 Å². The van der Waals surface area contributed by atoms with Gasteiger partial charge in [0.15, 0.2) is 0 Å². The van der Waals surface area contributed by atoms with Crippen molar-refractivity contribution in [2.75, 3.05) is 26.8 Å². The Morgan fingerprint density at radius 1 is 1.28 bits per heavy atom. The molecular weight excluding hydrogens is 370 g/mol. The summed E-state index contributed by atoms with van der Waals surface area (Å²) in [6.07, 6.45) is 3.48. The molecule has 0 aliphatic carbocycles. The first-order valence-electron chi connectivity index (χ1n) is 10.1. The van der Waals surface area contributed by atoms with Crippen molar-refractivity contribution in [3.63, 3.8) is 0 Å². The highest BCUT2D eigenvalue weighted by atomic mass is 16.5. The number of aromatic nitrogens is 4. The van der Waals surface area contributed by atoms with Crippen molar-refractivity contribution in [3.05, 3.63) is 52.3 Å². The number of carbonyl (C=O) groups is 1. The minimum absolute atomic E-state index is 0.0541. The van der Waals surface area contributed by atoms with E-state index in [4.69, 9.17) is 4.74 Å². The van der Waals surface area contributed by atoms with E-state index in [1.54, 1.807) is 11.7 Å². The number of amides is 1. The number of rotatable bonds is 6. The van der Waals surface area contributed by atoms with Crippen LogP contribution in [0.25, 0.3) is 10.9 Å². The normalized spacial score (nSPS) is 15.3. The first-order valence-corrected chi connectivity index (χ1v) is 10.1. The highest BCUT2D eigenvalue weighted by molar-refractivity contribution is 5.98. The maximum absolute atomic E-state index is 12.9. The van der Waals surface area contributed by atoms with Crippen LogP contribution in [0.4, 0.5) is 0 Å². The number of aromatic amines is 1. The van der Waals surface area contributed by atoms with E-state index >= 15 is 0 Å². The van der Waals surface area contributed by atoms with E-state index in [9.17, 15) is 9.59 Å². The van der Waals surface area contributed by atoms with Gasteiger partial charge in [-0.3, -0.25) is 9.36 Å². The average molecular weight is 397 g/mol. The number of hydrogen-bond donors (Lipinski definition) is 1. The molecule has 4 rings (SSSR count). The predicted molar refractivity (Wildman–Crippen MR) is 110 cm³/mol. The van der Waals surface area contributed by atoms with Crippen molar-refractivity contribution in [2.45, 2.75) is 38.8 Å². The Labute approximate surface area is 169 Å². The van der Waals surface area contributed by atoms with Gasteiger partial charge in [0.2, 0.25) is 0 Å². The van der Waals surface area contributed by atoms with Crippen LogP contribution in [-0.4, -0.2) is 56.9 Å². The lowest BCUT2D eigenvalue weighted by molar-refractivity contribution is 0.0710. The summed E-state index contributed by atoms with van der Waals surface area (Å²) >= 11 is 0. The quantitative estimate of drug-likeness (QED) is 0.691. The molecule has 1 aromatic carbocycles. The van der Waals surface area contributed by atoms with Crippen LogP contribution < -0.4 is 5.69 Å². The second-order valence-electron chi connectivity index (χ2n) is 7.45. The van der Waals surface area contributed by atoms with E-state index in [1.807, 2.05) is 42.3 Å². The molecule has 0 saturated carbocycles. The maximum Gasteiger partial charge on any atom is 0.345 e. The van der Waals surface area contributed by atoms with Crippen LogP contribution in [0.1, 0.15) is 41.9 Å². The summed E-state index contributed by atoms with van der Waals surface area (Å²) < 4.78 is 8.32. The third-order valence-electron chi connectivity index (χ3n) is 5.72. The van der Waals surface area contributed by atoms with Gasteiger partial charge >= 0.3 is 5.69 Å². The highest BCUT2D eigenvalue weighted by Gasteiger charge is 2.28. The molecule has 0 atom stereocenters. The molecule has 0 spiro atoms. The van der Waals surface area contributed by atoms with Gasteiger partial charge in [0.1, 0.15) is 5.82 Å². The van der Waals surface area contributed by atoms with E-state index in [1.165, 1.54) is 4.68 Å². The van der Waals surface area contributed by atoms with Crippen molar-refractivity contribution in [2.24, 2.45) is 0 Å². The number of ether oxygens (including phenoxy) is 1. The molecule has 8 heteroatoms. The van der Waals surface area contributed by atoms with Gasteiger partial charge in [0, 0.05) is 49.9 Å². The molecule has 0 bridgehead atoms.